The van der Waals surface area contributed by atoms with Crippen LogP contribution in [0.4, 0.5) is 5.69 Å². The molecule has 0 bridgehead atoms. The molecule has 1 aliphatic heterocycles. The van der Waals surface area contributed by atoms with E-state index in [9.17, 15) is 9.59 Å². The van der Waals surface area contributed by atoms with Gasteiger partial charge in [-0.15, -0.1) is 0 Å². The second kappa shape index (κ2) is 28.2. The molecule has 0 radical (unpaired) electrons. The number of allylic oxidation sites excluding steroid dienone is 3. The molecule has 9 N–H and O–H groups in total. The third-order valence-electron chi connectivity index (χ3n) is 12.5. The van der Waals surface area contributed by atoms with Gasteiger partial charge in [0.2, 0.25) is 11.8 Å². The standard InChI is InChI=1S/C52H82N8O2/c1-5-56-41(3)26-16-21-34-49(61)59-39-43-27-17-18-30-45(43)50(54)51(46-31-19-20-33-48(46)59)60(55)38-24-22-32-47(53)52(62)57-37-23-12-8-9-13-25-40(2)35-36-42(4)58-44-28-14-10-6-7-11-15-29-44/h17-20,27,30-31,33,44,47,56,58H,2-16,21-26,28-29,32,34-39,53-55H2,1H3,(H,57,62)/b51-50-. The first kappa shape index (κ1) is 50.1. The van der Waals surface area contributed by atoms with Gasteiger partial charge < -0.3 is 37.3 Å². The molecule has 10 nitrogen and oxygen atoms in total. The molecule has 2 aromatic rings. The van der Waals surface area contributed by atoms with Crippen LogP contribution >= 0.6 is 0 Å². The first-order chi connectivity index (χ1) is 30.1. The molecule has 10 heteroatoms. The van der Waals surface area contributed by atoms with Crippen LogP contribution in [0.25, 0.3) is 11.4 Å². The molecule has 0 spiro atoms. The Labute approximate surface area is 375 Å². The number of nitrogens with zero attached hydrogens (tertiary/aromatic N) is 2. The number of para-hydroxylation sites is 1. The van der Waals surface area contributed by atoms with E-state index in [1.807, 2.05) is 53.4 Å². The van der Waals surface area contributed by atoms with Crippen LogP contribution in [0.1, 0.15) is 171 Å². The monoisotopic (exact) mass is 851 g/mol. The van der Waals surface area contributed by atoms with Crippen LogP contribution in [0.5, 0.6) is 0 Å². The van der Waals surface area contributed by atoms with Gasteiger partial charge >= 0.3 is 0 Å². The number of rotatable bonds is 27. The minimum atomic E-state index is -0.571. The van der Waals surface area contributed by atoms with Crippen molar-refractivity contribution in [1.29, 1.82) is 0 Å². The summed E-state index contributed by atoms with van der Waals surface area (Å²) in [7, 11) is 0. The van der Waals surface area contributed by atoms with Crippen molar-refractivity contribution in [2.24, 2.45) is 17.3 Å². The highest BCUT2D eigenvalue weighted by molar-refractivity contribution is 6.01. The van der Waals surface area contributed by atoms with Gasteiger partial charge in [0, 0.05) is 54.6 Å². The number of hydrazine groups is 1. The summed E-state index contributed by atoms with van der Waals surface area (Å²) in [6.07, 6.45) is 24.3. The van der Waals surface area contributed by atoms with Crippen LogP contribution < -0.4 is 38.2 Å². The van der Waals surface area contributed by atoms with Gasteiger partial charge in [0.15, 0.2) is 0 Å². The third kappa shape index (κ3) is 17.3. The van der Waals surface area contributed by atoms with Crippen molar-refractivity contribution >= 4 is 28.9 Å². The lowest BCUT2D eigenvalue weighted by molar-refractivity contribution is -0.122. The van der Waals surface area contributed by atoms with Gasteiger partial charge in [0.1, 0.15) is 0 Å². The van der Waals surface area contributed by atoms with Crippen molar-refractivity contribution < 1.29 is 9.59 Å². The molecule has 2 amide bonds. The smallest absolute Gasteiger partial charge is 0.236 e. The van der Waals surface area contributed by atoms with Crippen molar-refractivity contribution in [3.05, 3.63) is 102 Å². The molecular formula is C52H82N8O2. The van der Waals surface area contributed by atoms with E-state index >= 15 is 0 Å². The molecule has 1 aliphatic carbocycles. The average molecular weight is 851 g/mol. The molecule has 0 aromatic heterocycles. The van der Waals surface area contributed by atoms with Crippen LogP contribution in [0, 0.1) is 0 Å². The van der Waals surface area contributed by atoms with Crippen LogP contribution in [0.3, 0.4) is 0 Å². The predicted molar refractivity (Wildman–Crippen MR) is 261 cm³/mol. The lowest BCUT2D eigenvalue weighted by Crippen LogP contribution is -2.41. The molecule has 1 unspecified atom stereocenters. The zero-order chi connectivity index (χ0) is 44.5. The number of benzene rings is 2. The molecule has 4 rings (SSSR count). The Hall–Kier alpha value is -4.54. The number of unbranched alkanes of at least 4 members (excludes halogenated alkanes) is 6. The molecular weight excluding hydrogens is 769 g/mol. The maximum atomic E-state index is 13.9. The normalized spacial score (nSPS) is 16.3. The Balaban J connectivity index is 1.14. The first-order valence-corrected chi connectivity index (χ1v) is 24.1. The van der Waals surface area contributed by atoms with Crippen molar-refractivity contribution in [3.63, 3.8) is 0 Å². The number of nitrogens with two attached hydrogens (primary N) is 3. The fourth-order valence-electron chi connectivity index (χ4n) is 8.83. The van der Waals surface area contributed by atoms with E-state index in [2.05, 4.69) is 42.6 Å². The van der Waals surface area contributed by atoms with Crippen LogP contribution in [-0.4, -0.2) is 48.5 Å². The van der Waals surface area contributed by atoms with Crippen LogP contribution in [-0.2, 0) is 16.1 Å². The quantitative estimate of drug-likeness (QED) is 0.0225. The van der Waals surface area contributed by atoms with Crippen molar-refractivity contribution in [2.45, 2.75) is 173 Å². The van der Waals surface area contributed by atoms with Gasteiger partial charge in [-0.05, 0) is 102 Å². The van der Waals surface area contributed by atoms with Gasteiger partial charge in [-0.3, -0.25) is 9.59 Å². The summed E-state index contributed by atoms with van der Waals surface area (Å²) in [5.74, 6) is 6.80. The SMILES string of the molecule is C=C(CCCCCCCNC(=O)C(N)CCCCN(N)/C1=C(\N)c2ccccc2CN(C(=O)CCCCC(=C)NCC)c2ccccc21)CCC(=C)NC1CCCCCCCC1. The summed E-state index contributed by atoms with van der Waals surface area (Å²) in [6, 6.07) is 15.9. The Kier molecular flexibility index (Phi) is 22.8. The van der Waals surface area contributed by atoms with Crippen molar-refractivity contribution in [1.82, 2.24) is 21.0 Å². The molecule has 2 aliphatic rings. The summed E-state index contributed by atoms with van der Waals surface area (Å²) >= 11 is 0. The van der Waals surface area contributed by atoms with Gasteiger partial charge in [-0.2, -0.15) is 0 Å². The molecule has 1 fully saturated rings. The highest BCUT2D eigenvalue weighted by Gasteiger charge is 2.28. The fourth-order valence-corrected chi connectivity index (χ4v) is 8.83. The molecule has 1 heterocycles. The van der Waals surface area contributed by atoms with E-state index in [4.69, 9.17) is 17.3 Å². The summed E-state index contributed by atoms with van der Waals surface area (Å²) < 4.78 is 0. The van der Waals surface area contributed by atoms with Crippen molar-refractivity contribution in [2.75, 3.05) is 24.5 Å². The highest BCUT2D eigenvalue weighted by atomic mass is 16.2. The topological polar surface area (TPSA) is 155 Å². The second-order valence-corrected chi connectivity index (χ2v) is 17.8. The van der Waals surface area contributed by atoms with E-state index in [0.717, 1.165) is 112 Å². The fraction of sp³-hybridized carbons (Fsp3) is 0.577. The molecule has 0 saturated heterocycles. The number of hydrogen-bond acceptors (Lipinski definition) is 8. The minimum absolute atomic E-state index is 0.0607. The number of carbonyl (C=O) groups is 2. The van der Waals surface area contributed by atoms with Gasteiger partial charge in [-0.1, -0.05) is 126 Å². The Bertz CT molecular complexity index is 1740. The predicted octanol–water partition coefficient (Wildman–Crippen LogP) is 10.1. The molecule has 1 saturated carbocycles. The van der Waals surface area contributed by atoms with Gasteiger partial charge in [-0.25, -0.2) is 5.84 Å². The van der Waals surface area contributed by atoms with E-state index in [0.29, 0.717) is 49.9 Å². The minimum Gasteiger partial charge on any atom is -0.396 e. The van der Waals surface area contributed by atoms with E-state index in [1.54, 1.807) is 5.01 Å². The number of hydrogen-bond donors (Lipinski definition) is 6. The number of amides is 2. The lowest BCUT2D eigenvalue weighted by Gasteiger charge is -2.33. The average Bonchev–Trinajstić information content (AvgIpc) is 3.39. The zero-order valence-corrected chi connectivity index (χ0v) is 38.4. The van der Waals surface area contributed by atoms with Crippen LogP contribution in [0.15, 0.2) is 85.2 Å². The first-order valence-electron chi connectivity index (χ1n) is 24.1. The number of fused-ring (bicyclic) bond motifs is 2. The summed E-state index contributed by atoms with van der Waals surface area (Å²) in [5, 5.41) is 11.7. The molecule has 2 aromatic carbocycles. The summed E-state index contributed by atoms with van der Waals surface area (Å²) in [6.45, 7) is 17.2. The highest BCUT2D eigenvalue weighted by Crippen LogP contribution is 2.37. The Morgan fingerprint density at radius 1 is 0.742 bits per heavy atom. The Morgan fingerprint density at radius 2 is 1.39 bits per heavy atom. The number of anilines is 1. The molecule has 62 heavy (non-hydrogen) atoms. The van der Waals surface area contributed by atoms with Crippen LogP contribution in [0.2, 0.25) is 0 Å². The molecule has 342 valence electrons. The van der Waals surface area contributed by atoms with Crippen molar-refractivity contribution in [3.8, 4) is 0 Å². The summed E-state index contributed by atoms with van der Waals surface area (Å²) in [5.41, 5.74) is 21.5. The number of carbonyl (C=O) groups excluding carboxylic acids is 2. The maximum Gasteiger partial charge on any atom is 0.236 e. The van der Waals surface area contributed by atoms with Gasteiger partial charge in [0.25, 0.3) is 0 Å². The van der Waals surface area contributed by atoms with E-state index < -0.39 is 6.04 Å². The third-order valence-corrected chi connectivity index (χ3v) is 12.5. The second-order valence-electron chi connectivity index (χ2n) is 17.8. The summed E-state index contributed by atoms with van der Waals surface area (Å²) in [4.78, 5) is 28.6. The number of nitrogens with one attached hydrogen (secondary N) is 3. The molecule has 1 atom stereocenters. The maximum absolute atomic E-state index is 13.9. The Morgan fingerprint density at radius 3 is 2.15 bits per heavy atom. The van der Waals surface area contributed by atoms with E-state index in [1.165, 1.54) is 69.1 Å². The van der Waals surface area contributed by atoms with Gasteiger partial charge in [0.05, 0.1) is 29.7 Å². The lowest BCUT2D eigenvalue weighted by atomic mass is 9.95. The zero-order valence-electron chi connectivity index (χ0n) is 38.4. The van der Waals surface area contributed by atoms with E-state index in [-0.39, 0.29) is 11.8 Å². The largest absolute Gasteiger partial charge is 0.396 e.